The summed E-state index contributed by atoms with van der Waals surface area (Å²) < 4.78 is 48.4. The molecule has 0 amide bonds. The minimum Gasteiger partial charge on any atom is -0.473 e. The van der Waals surface area contributed by atoms with Gasteiger partial charge in [0.1, 0.15) is 35.7 Å². The van der Waals surface area contributed by atoms with Crippen molar-refractivity contribution in [1.82, 2.24) is 9.97 Å². The first kappa shape index (κ1) is 26.6. The Hall–Kier alpha value is -3.43. The second kappa shape index (κ2) is 10.1. The number of hydrogen-bond donors (Lipinski definition) is 1. The van der Waals surface area contributed by atoms with E-state index in [0.29, 0.717) is 27.7 Å². The van der Waals surface area contributed by atoms with Crippen LogP contribution < -0.4 is 4.90 Å². The quantitative estimate of drug-likeness (QED) is 0.411. The van der Waals surface area contributed by atoms with Gasteiger partial charge in [-0.1, -0.05) is 17.7 Å². The normalized spacial score (nSPS) is 15.9. The maximum absolute atomic E-state index is 14.7. The maximum Gasteiger partial charge on any atom is 0.215 e. The average molecular weight is 531 g/mol. The number of aromatic nitrogens is 2. The van der Waals surface area contributed by atoms with Crippen molar-refractivity contribution in [2.75, 3.05) is 4.90 Å². The Morgan fingerprint density at radius 3 is 2.54 bits per heavy atom. The first-order valence-electron chi connectivity index (χ1n) is 11.5. The summed E-state index contributed by atoms with van der Waals surface area (Å²) in [6.45, 7) is 7.88. The zero-order valence-corrected chi connectivity index (χ0v) is 21.7. The summed E-state index contributed by atoms with van der Waals surface area (Å²) in [4.78, 5) is 14.5. The van der Waals surface area contributed by atoms with Crippen molar-refractivity contribution >= 4 is 23.2 Å². The van der Waals surface area contributed by atoms with Crippen molar-refractivity contribution in [3.63, 3.8) is 0 Å². The molecule has 1 N–H and O–H groups in total. The standard InChI is InChI=1S/C27H26ClF3N4O2/c1-14-12-35(16(3)33-25(14)37-13-18-7-9-20(29)15(2)23(18)31)22-10-17(6-8-19(22)28)24-21(30)11-32-26(34-24)27(4,5)36/h6-12,16,36H,13H2,1-5H3. The van der Waals surface area contributed by atoms with Crippen LogP contribution in [0.25, 0.3) is 11.3 Å². The first-order valence-corrected chi connectivity index (χ1v) is 11.9. The van der Waals surface area contributed by atoms with Crippen LogP contribution in [0.3, 0.4) is 0 Å². The van der Waals surface area contributed by atoms with Crippen LogP contribution in [0.2, 0.25) is 5.02 Å². The molecule has 3 aromatic rings. The zero-order valence-electron chi connectivity index (χ0n) is 21.0. The molecule has 4 rings (SSSR count). The fraction of sp³-hybridized carbons (Fsp3) is 0.296. The Labute approximate surface area is 218 Å². The summed E-state index contributed by atoms with van der Waals surface area (Å²) in [5, 5.41) is 10.7. The molecule has 1 aliphatic rings. The van der Waals surface area contributed by atoms with Crippen molar-refractivity contribution < 1.29 is 23.0 Å². The van der Waals surface area contributed by atoms with Crippen LogP contribution in [0.15, 0.2) is 53.3 Å². The van der Waals surface area contributed by atoms with Gasteiger partial charge in [-0.25, -0.2) is 28.1 Å². The fourth-order valence-corrected chi connectivity index (χ4v) is 4.04. The number of nitrogens with zero attached hydrogens (tertiary/aromatic N) is 4. The van der Waals surface area contributed by atoms with Gasteiger partial charge in [0.2, 0.25) is 5.90 Å². The Balaban J connectivity index is 1.61. The highest BCUT2D eigenvalue weighted by atomic mass is 35.5. The summed E-state index contributed by atoms with van der Waals surface area (Å²) in [5.74, 6) is -1.51. The van der Waals surface area contributed by atoms with E-state index >= 15 is 0 Å². The number of anilines is 1. The fourth-order valence-electron chi connectivity index (χ4n) is 3.82. The molecule has 37 heavy (non-hydrogen) atoms. The molecule has 2 aromatic carbocycles. The number of halogens is 4. The number of aliphatic hydroxyl groups is 1. The molecule has 0 saturated carbocycles. The van der Waals surface area contributed by atoms with E-state index in [1.165, 1.54) is 32.9 Å². The highest BCUT2D eigenvalue weighted by Crippen LogP contribution is 2.35. The number of benzene rings is 2. The van der Waals surface area contributed by atoms with Gasteiger partial charge < -0.3 is 14.7 Å². The summed E-state index contributed by atoms with van der Waals surface area (Å²) in [6, 6.07) is 7.49. The second-order valence-electron chi connectivity index (χ2n) is 9.34. The lowest BCUT2D eigenvalue weighted by Gasteiger charge is -2.31. The molecule has 1 aliphatic heterocycles. The molecule has 2 heterocycles. The molecule has 6 nitrogen and oxygen atoms in total. The SMILES string of the molecule is CC1=CN(c2cc(-c3nc(C(C)(C)O)ncc3F)ccc2Cl)C(C)N=C1OCc1ccc(F)c(C)c1F. The number of ether oxygens (including phenoxy) is 1. The van der Waals surface area contributed by atoms with Gasteiger partial charge in [-0.15, -0.1) is 0 Å². The third-order valence-corrected chi connectivity index (χ3v) is 6.25. The average Bonchev–Trinajstić information content (AvgIpc) is 2.84. The molecule has 0 saturated heterocycles. The van der Waals surface area contributed by atoms with Gasteiger partial charge in [-0.2, -0.15) is 0 Å². The summed E-state index contributed by atoms with van der Waals surface area (Å²) in [7, 11) is 0. The number of hydrogen-bond acceptors (Lipinski definition) is 6. The second-order valence-corrected chi connectivity index (χ2v) is 9.74. The molecule has 194 valence electrons. The van der Waals surface area contributed by atoms with E-state index in [1.807, 2.05) is 6.92 Å². The van der Waals surface area contributed by atoms with E-state index in [2.05, 4.69) is 15.0 Å². The van der Waals surface area contributed by atoms with E-state index in [4.69, 9.17) is 16.3 Å². The van der Waals surface area contributed by atoms with Crippen LogP contribution in [0, 0.1) is 24.4 Å². The van der Waals surface area contributed by atoms with Gasteiger partial charge in [0.15, 0.2) is 11.6 Å². The third-order valence-electron chi connectivity index (χ3n) is 5.93. The van der Waals surface area contributed by atoms with Crippen LogP contribution >= 0.6 is 11.6 Å². The van der Waals surface area contributed by atoms with E-state index < -0.39 is 29.2 Å². The Morgan fingerprint density at radius 2 is 1.84 bits per heavy atom. The summed E-state index contributed by atoms with van der Waals surface area (Å²) >= 11 is 6.51. The molecule has 0 radical (unpaired) electrons. The minimum absolute atomic E-state index is 0.0274. The van der Waals surface area contributed by atoms with Gasteiger partial charge in [-0.3, -0.25) is 0 Å². The summed E-state index contributed by atoms with van der Waals surface area (Å²) in [6.07, 6.45) is 2.34. The van der Waals surface area contributed by atoms with Crippen LogP contribution in [0.1, 0.15) is 44.6 Å². The number of rotatable bonds is 5. The maximum atomic E-state index is 14.7. The molecular weight excluding hydrogens is 505 g/mol. The van der Waals surface area contributed by atoms with Crippen molar-refractivity contribution in [1.29, 1.82) is 0 Å². The number of aliphatic imine (C=N–C) groups is 1. The van der Waals surface area contributed by atoms with Gasteiger partial charge >= 0.3 is 0 Å². The van der Waals surface area contributed by atoms with Crippen molar-refractivity contribution in [3.8, 4) is 11.3 Å². The molecular formula is C27H26ClF3N4O2. The molecule has 10 heteroatoms. The van der Waals surface area contributed by atoms with Crippen LogP contribution in [-0.2, 0) is 16.9 Å². The van der Waals surface area contributed by atoms with Crippen LogP contribution in [0.5, 0.6) is 0 Å². The lowest BCUT2D eigenvalue weighted by atomic mass is 10.1. The van der Waals surface area contributed by atoms with E-state index in [0.717, 1.165) is 6.20 Å². The van der Waals surface area contributed by atoms with Crippen molar-refractivity contribution in [2.24, 2.45) is 4.99 Å². The largest absolute Gasteiger partial charge is 0.473 e. The molecule has 1 unspecified atom stereocenters. The molecule has 0 bridgehead atoms. The third kappa shape index (κ3) is 5.47. The van der Waals surface area contributed by atoms with E-state index in [-0.39, 0.29) is 29.3 Å². The Morgan fingerprint density at radius 1 is 1.11 bits per heavy atom. The van der Waals surface area contributed by atoms with Crippen LogP contribution in [0.4, 0.5) is 18.9 Å². The Kier molecular flexibility index (Phi) is 7.30. The predicted octanol–water partition coefficient (Wildman–Crippen LogP) is 6.44. The topological polar surface area (TPSA) is 70.8 Å². The minimum atomic E-state index is -1.35. The lowest BCUT2D eigenvalue weighted by Crippen LogP contribution is -2.33. The Bertz CT molecular complexity index is 1420. The molecule has 0 fully saturated rings. The van der Waals surface area contributed by atoms with Gasteiger partial charge in [-0.05, 0) is 58.9 Å². The predicted molar refractivity (Wildman–Crippen MR) is 137 cm³/mol. The van der Waals surface area contributed by atoms with Gasteiger partial charge in [0, 0.05) is 28.5 Å². The first-order chi connectivity index (χ1) is 17.4. The lowest BCUT2D eigenvalue weighted by molar-refractivity contribution is 0.0686. The van der Waals surface area contributed by atoms with Gasteiger partial charge in [0.05, 0.1) is 16.9 Å². The molecule has 0 aliphatic carbocycles. The molecule has 0 spiro atoms. The highest BCUT2D eigenvalue weighted by Gasteiger charge is 2.25. The smallest absolute Gasteiger partial charge is 0.215 e. The van der Waals surface area contributed by atoms with Crippen molar-refractivity contribution in [3.05, 3.63) is 87.7 Å². The summed E-state index contributed by atoms with van der Waals surface area (Å²) in [5.41, 5.74) is 0.476. The zero-order chi connectivity index (χ0) is 27.1. The van der Waals surface area contributed by atoms with Gasteiger partial charge in [0.25, 0.3) is 0 Å². The van der Waals surface area contributed by atoms with E-state index in [9.17, 15) is 18.3 Å². The van der Waals surface area contributed by atoms with E-state index in [1.54, 1.807) is 36.2 Å². The molecule has 1 aromatic heterocycles. The molecule has 1 atom stereocenters. The van der Waals surface area contributed by atoms with Crippen molar-refractivity contribution in [2.45, 2.75) is 53.0 Å². The monoisotopic (exact) mass is 530 g/mol. The highest BCUT2D eigenvalue weighted by molar-refractivity contribution is 6.33. The van der Waals surface area contributed by atoms with Crippen LogP contribution in [-0.4, -0.2) is 27.1 Å².